The minimum absolute atomic E-state index is 0.0621. The zero-order valence-electron chi connectivity index (χ0n) is 21.0. The lowest BCUT2D eigenvalue weighted by Gasteiger charge is -2.14. The van der Waals surface area contributed by atoms with Gasteiger partial charge in [0.15, 0.2) is 0 Å². The highest BCUT2D eigenvalue weighted by Crippen LogP contribution is 2.39. The van der Waals surface area contributed by atoms with Crippen LogP contribution in [0.4, 0.5) is 13.2 Å². The lowest BCUT2D eigenvalue weighted by molar-refractivity contribution is -0.154. The highest BCUT2D eigenvalue weighted by molar-refractivity contribution is 5.79. The first-order valence-electron chi connectivity index (χ1n) is 12.0. The van der Waals surface area contributed by atoms with E-state index in [0.29, 0.717) is 11.5 Å². The third kappa shape index (κ3) is 6.06. The van der Waals surface area contributed by atoms with Crippen LogP contribution in [0.2, 0.25) is 0 Å². The number of ether oxygens (including phenoxy) is 3. The Bertz CT molecular complexity index is 1670. The maximum absolute atomic E-state index is 13.9. The summed E-state index contributed by atoms with van der Waals surface area (Å²) in [5, 5.41) is -0.0621. The number of hydrogen-bond donors (Lipinski definition) is 0. The molecule has 0 aliphatic heterocycles. The van der Waals surface area contributed by atoms with Gasteiger partial charge in [-0.25, -0.2) is 0 Å². The van der Waals surface area contributed by atoms with Gasteiger partial charge < -0.3 is 18.6 Å². The molecule has 0 bridgehead atoms. The molecule has 0 saturated carbocycles. The first kappa shape index (κ1) is 25.9. The Morgan fingerprint density at radius 1 is 0.718 bits per heavy atom. The van der Waals surface area contributed by atoms with Gasteiger partial charge in [-0.15, -0.1) is 0 Å². The second-order valence-corrected chi connectivity index (χ2v) is 9.02. The van der Waals surface area contributed by atoms with E-state index in [1.165, 1.54) is 18.2 Å². The van der Waals surface area contributed by atoms with Crippen molar-refractivity contribution >= 4 is 11.0 Å². The molecule has 5 aromatic rings. The maximum atomic E-state index is 13.9. The van der Waals surface area contributed by atoms with Crippen molar-refractivity contribution in [3.05, 3.63) is 124 Å². The van der Waals surface area contributed by atoms with Crippen LogP contribution in [0.1, 0.15) is 22.5 Å². The molecule has 0 radical (unpaired) electrons. The zero-order valence-corrected chi connectivity index (χ0v) is 21.0. The first-order valence-corrected chi connectivity index (χ1v) is 12.0. The van der Waals surface area contributed by atoms with Crippen LogP contribution in [-0.4, -0.2) is 0 Å². The highest BCUT2D eigenvalue weighted by atomic mass is 19.4. The van der Waals surface area contributed by atoms with Gasteiger partial charge >= 0.3 is 6.18 Å². The minimum atomic E-state index is -4.96. The van der Waals surface area contributed by atoms with Crippen LogP contribution in [-0.2, 0) is 12.8 Å². The van der Waals surface area contributed by atoms with Crippen LogP contribution in [0.5, 0.6) is 28.7 Å². The Morgan fingerprint density at radius 2 is 1.44 bits per heavy atom. The van der Waals surface area contributed by atoms with E-state index in [4.69, 9.17) is 18.6 Å². The Balaban J connectivity index is 1.41. The molecule has 198 valence electrons. The van der Waals surface area contributed by atoms with Crippen LogP contribution >= 0.6 is 0 Å². The smallest absolute Gasteiger partial charge is 0.453 e. The van der Waals surface area contributed by atoms with Crippen molar-refractivity contribution in [1.29, 1.82) is 0 Å². The molecule has 5 nitrogen and oxygen atoms in total. The van der Waals surface area contributed by atoms with E-state index < -0.39 is 23.1 Å². The lowest BCUT2D eigenvalue weighted by atomic mass is 10.1. The second-order valence-electron chi connectivity index (χ2n) is 9.02. The van der Waals surface area contributed by atoms with Gasteiger partial charge in [-0.3, -0.25) is 4.79 Å². The molecule has 0 unspecified atom stereocenters. The zero-order chi connectivity index (χ0) is 27.6. The normalized spacial score (nSPS) is 11.4. The van der Waals surface area contributed by atoms with Gasteiger partial charge in [0.05, 0.1) is 5.39 Å². The maximum Gasteiger partial charge on any atom is 0.453 e. The number of alkyl halides is 3. The fourth-order valence-corrected chi connectivity index (χ4v) is 4.13. The first-order chi connectivity index (χ1) is 18.7. The van der Waals surface area contributed by atoms with Gasteiger partial charge in [-0.2, -0.15) is 13.2 Å². The summed E-state index contributed by atoms with van der Waals surface area (Å²) in [4.78, 5) is 13.1. The summed E-state index contributed by atoms with van der Waals surface area (Å²) in [7, 11) is 0. The van der Waals surface area contributed by atoms with E-state index in [9.17, 15) is 18.0 Å². The van der Waals surface area contributed by atoms with Crippen LogP contribution < -0.4 is 19.6 Å². The largest absolute Gasteiger partial charge is 0.489 e. The third-order valence-electron chi connectivity index (χ3n) is 5.78. The average Bonchev–Trinajstić information content (AvgIpc) is 2.88. The quantitative estimate of drug-likeness (QED) is 0.210. The number of fused-ring (bicyclic) bond motifs is 1. The molecule has 1 heterocycles. The summed E-state index contributed by atoms with van der Waals surface area (Å²) in [6, 6.07) is 25.6. The third-order valence-corrected chi connectivity index (χ3v) is 5.78. The average molecular weight is 533 g/mol. The summed E-state index contributed by atoms with van der Waals surface area (Å²) >= 11 is 0. The molecule has 0 saturated heterocycles. The van der Waals surface area contributed by atoms with Crippen LogP contribution in [0.15, 0.2) is 100 Å². The van der Waals surface area contributed by atoms with Crippen molar-refractivity contribution in [3.63, 3.8) is 0 Å². The van der Waals surface area contributed by atoms with Crippen molar-refractivity contribution < 1.29 is 31.8 Å². The molecule has 39 heavy (non-hydrogen) atoms. The van der Waals surface area contributed by atoms with E-state index in [1.807, 2.05) is 48.5 Å². The topological polar surface area (TPSA) is 57.9 Å². The molecule has 8 heteroatoms. The summed E-state index contributed by atoms with van der Waals surface area (Å²) in [6.07, 6.45) is -4.96. The van der Waals surface area contributed by atoms with E-state index in [-0.39, 0.29) is 29.1 Å². The number of hydrogen-bond acceptors (Lipinski definition) is 5. The molecule has 5 rings (SSSR count). The van der Waals surface area contributed by atoms with E-state index in [1.54, 1.807) is 38.1 Å². The fraction of sp³-hybridized carbons (Fsp3) is 0.129. The fourth-order valence-electron chi connectivity index (χ4n) is 4.13. The summed E-state index contributed by atoms with van der Waals surface area (Å²) in [5.41, 5.74) is 1.14. The molecule has 0 atom stereocenters. The van der Waals surface area contributed by atoms with Gasteiger partial charge in [0, 0.05) is 6.07 Å². The van der Waals surface area contributed by atoms with Crippen molar-refractivity contribution in [2.45, 2.75) is 26.6 Å². The molecule has 0 N–H and O–H groups in total. The molecule has 0 aliphatic rings. The van der Waals surface area contributed by atoms with Gasteiger partial charge in [0.25, 0.3) is 5.76 Å². The molecule has 0 fully saturated rings. The number of aryl methyl sites for hydroxylation is 2. The van der Waals surface area contributed by atoms with Gasteiger partial charge in [0.1, 0.15) is 35.2 Å². The molecular formula is C31H23F3O5. The van der Waals surface area contributed by atoms with Crippen molar-refractivity contribution in [2.75, 3.05) is 0 Å². The highest BCUT2D eigenvalue weighted by Gasteiger charge is 2.40. The summed E-state index contributed by atoms with van der Waals surface area (Å²) < 4.78 is 64.1. The Kier molecular flexibility index (Phi) is 7.02. The summed E-state index contributed by atoms with van der Waals surface area (Å²) in [6.45, 7) is 3.67. The molecular weight excluding hydrogens is 509 g/mol. The van der Waals surface area contributed by atoms with Crippen molar-refractivity contribution in [2.24, 2.45) is 0 Å². The van der Waals surface area contributed by atoms with Gasteiger partial charge in [-0.1, -0.05) is 36.4 Å². The van der Waals surface area contributed by atoms with E-state index in [0.717, 1.165) is 16.7 Å². The SMILES string of the molecule is Cc1cc(C)cc(Oc2c(C(F)(F)F)oc3cc(OCc4cccc(Oc5ccccc5)c4)ccc3c2=O)c1. The molecule has 4 aromatic carbocycles. The van der Waals surface area contributed by atoms with Crippen molar-refractivity contribution in [3.8, 4) is 28.7 Å². The Hall–Kier alpha value is -4.72. The monoisotopic (exact) mass is 532 g/mol. The van der Waals surface area contributed by atoms with Gasteiger partial charge in [0.2, 0.25) is 11.2 Å². The van der Waals surface area contributed by atoms with Gasteiger partial charge in [-0.05, 0) is 79.1 Å². The predicted octanol–water partition coefficient (Wildman–Crippen LogP) is 8.59. The van der Waals surface area contributed by atoms with Crippen LogP contribution in [0, 0.1) is 13.8 Å². The predicted molar refractivity (Wildman–Crippen MR) is 141 cm³/mol. The minimum Gasteiger partial charge on any atom is -0.489 e. The number of halogens is 3. The molecule has 0 aliphatic carbocycles. The standard InChI is InChI=1S/C31H23F3O5/c1-19-13-20(2)15-25(14-19)38-29-28(35)26-12-11-23(17-27(26)39-30(29)31(32,33)34)36-18-21-7-6-10-24(16-21)37-22-8-4-3-5-9-22/h3-17H,18H2,1-2H3. The number of benzene rings is 4. The molecule has 0 spiro atoms. The Labute approximate surface area is 222 Å². The summed E-state index contributed by atoms with van der Waals surface area (Å²) in [5.74, 6) is -0.787. The van der Waals surface area contributed by atoms with E-state index in [2.05, 4.69) is 0 Å². The molecule has 1 aromatic heterocycles. The van der Waals surface area contributed by atoms with Crippen LogP contribution in [0.3, 0.4) is 0 Å². The lowest BCUT2D eigenvalue weighted by Crippen LogP contribution is -2.15. The second kappa shape index (κ2) is 10.6. The van der Waals surface area contributed by atoms with Crippen LogP contribution in [0.25, 0.3) is 11.0 Å². The molecule has 0 amide bonds. The number of rotatable bonds is 7. The van der Waals surface area contributed by atoms with E-state index >= 15 is 0 Å². The van der Waals surface area contributed by atoms with Crippen molar-refractivity contribution in [1.82, 2.24) is 0 Å². The number of para-hydroxylation sites is 1. The Morgan fingerprint density at radius 3 is 2.15 bits per heavy atom.